The second-order valence-corrected chi connectivity index (χ2v) is 5.70. The molecule has 0 saturated heterocycles. The van der Waals surface area contributed by atoms with E-state index in [9.17, 15) is 0 Å². The zero-order valence-corrected chi connectivity index (χ0v) is 15.2. The van der Waals surface area contributed by atoms with Crippen LogP contribution >= 0.6 is 11.3 Å². The van der Waals surface area contributed by atoms with E-state index in [1.807, 2.05) is 32.3 Å². The van der Waals surface area contributed by atoms with Crippen LogP contribution in [-0.4, -0.2) is 22.8 Å². The fourth-order valence-corrected chi connectivity index (χ4v) is 2.80. The number of thiophene rings is 1. The van der Waals surface area contributed by atoms with Gasteiger partial charge in [-0.2, -0.15) is 0 Å². The standard InChI is InChI=1S/C15H21N5S.C2H6/c1-3-4-5-6-14-19(2)7-8-20(14)10-13-9-12(11-21-13)18-15(16)17;1-2/h4-9,11H,3,10H2,1-2H3,(H4,16,17,18);1-2H3/b5-4+,14-6+;. The molecular formula is C17H27N5S. The van der Waals surface area contributed by atoms with Gasteiger partial charge in [-0.1, -0.05) is 32.9 Å². The number of rotatable bonds is 5. The molecule has 0 aromatic carbocycles. The third-order valence-electron chi connectivity index (χ3n) is 2.97. The molecule has 0 unspecified atom stereocenters. The average molecular weight is 334 g/mol. The summed E-state index contributed by atoms with van der Waals surface area (Å²) in [6, 6.07) is 2.01. The summed E-state index contributed by atoms with van der Waals surface area (Å²) < 4.78 is 0. The van der Waals surface area contributed by atoms with Crippen LogP contribution in [0.4, 0.5) is 5.69 Å². The van der Waals surface area contributed by atoms with Crippen molar-refractivity contribution in [2.75, 3.05) is 7.05 Å². The Labute approximate surface area is 143 Å². The number of nitrogens with zero attached hydrogens (tertiary/aromatic N) is 3. The van der Waals surface area contributed by atoms with Crippen LogP contribution in [0.3, 0.4) is 0 Å². The van der Waals surface area contributed by atoms with Gasteiger partial charge in [0.2, 0.25) is 0 Å². The van der Waals surface area contributed by atoms with Crippen LogP contribution in [0.15, 0.2) is 52.9 Å². The molecule has 23 heavy (non-hydrogen) atoms. The molecular weight excluding hydrogens is 306 g/mol. The second kappa shape index (κ2) is 9.74. The summed E-state index contributed by atoms with van der Waals surface area (Å²) in [5, 5.41) is 1.96. The Bertz CT molecular complexity index is 594. The zero-order valence-electron chi connectivity index (χ0n) is 14.4. The van der Waals surface area contributed by atoms with Gasteiger partial charge in [0.15, 0.2) is 5.96 Å². The van der Waals surface area contributed by atoms with E-state index < -0.39 is 0 Å². The van der Waals surface area contributed by atoms with Crippen LogP contribution in [0.2, 0.25) is 0 Å². The fourth-order valence-electron chi connectivity index (χ4n) is 2.00. The summed E-state index contributed by atoms with van der Waals surface area (Å²) in [6.07, 6.45) is 11.5. The zero-order chi connectivity index (χ0) is 17.2. The quantitative estimate of drug-likeness (QED) is 0.636. The van der Waals surface area contributed by atoms with E-state index in [-0.39, 0.29) is 5.96 Å². The molecule has 0 atom stereocenters. The molecule has 1 aromatic heterocycles. The highest BCUT2D eigenvalue weighted by Gasteiger charge is 2.16. The first kappa shape index (κ1) is 18.8. The summed E-state index contributed by atoms with van der Waals surface area (Å²) in [4.78, 5) is 9.57. The molecule has 0 bridgehead atoms. The van der Waals surface area contributed by atoms with E-state index >= 15 is 0 Å². The van der Waals surface area contributed by atoms with E-state index in [2.05, 4.69) is 52.3 Å². The maximum absolute atomic E-state index is 5.39. The van der Waals surface area contributed by atoms with Crippen LogP contribution in [-0.2, 0) is 6.54 Å². The molecule has 0 amide bonds. The number of nitrogens with two attached hydrogens (primary N) is 2. The van der Waals surface area contributed by atoms with Gasteiger partial charge < -0.3 is 21.3 Å². The van der Waals surface area contributed by atoms with Crippen molar-refractivity contribution >= 4 is 23.0 Å². The minimum atomic E-state index is 0.0884. The maximum atomic E-state index is 5.39. The highest BCUT2D eigenvalue weighted by Crippen LogP contribution is 2.27. The Hall–Kier alpha value is -2.21. The summed E-state index contributed by atoms with van der Waals surface area (Å²) in [5.41, 5.74) is 11.6. The molecule has 0 fully saturated rings. The lowest BCUT2D eigenvalue weighted by molar-refractivity contribution is 0.390. The van der Waals surface area contributed by atoms with Crippen LogP contribution in [0, 0.1) is 0 Å². The van der Waals surface area contributed by atoms with E-state index in [0.29, 0.717) is 0 Å². The highest BCUT2D eigenvalue weighted by atomic mass is 32.1. The monoisotopic (exact) mass is 333 g/mol. The molecule has 1 aliphatic rings. The first-order valence-electron chi connectivity index (χ1n) is 7.82. The van der Waals surface area contributed by atoms with E-state index in [4.69, 9.17) is 11.5 Å². The van der Waals surface area contributed by atoms with E-state index in [1.54, 1.807) is 11.3 Å². The van der Waals surface area contributed by atoms with Gasteiger partial charge in [-0.15, -0.1) is 11.3 Å². The van der Waals surface area contributed by atoms with Crippen LogP contribution in [0.25, 0.3) is 0 Å². The minimum Gasteiger partial charge on any atom is -0.370 e. The lowest BCUT2D eigenvalue weighted by atomic mass is 10.3. The first-order chi connectivity index (χ1) is 11.1. The van der Waals surface area contributed by atoms with Crippen molar-refractivity contribution in [3.8, 4) is 0 Å². The molecule has 126 valence electrons. The van der Waals surface area contributed by atoms with Crippen molar-refractivity contribution in [3.63, 3.8) is 0 Å². The largest absolute Gasteiger partial charge is 0.370 e. The molecule has 4 N–H and O–H groups in total. The molecule has 5 nitrogen and oxygen atoms in total. The number of guanidine groups is 1. The Balaban J connectivity index is 0.00000127. The summed E-state index contributed by atoms with van der Waals surface area (Å²) in [6.45, 7) is 6.93. The van der Waals surface area contributed by atoms with Gasteiger partial charge in [0.05, 0.1) is 12.2 Å². The molecule has 0 saturated carbocycles. The van der Waals surface area contributed by atoms with Crippen LogP contribution in [0.1, 0.15) is 32.1 Å². The van der Waals surface area contributed by atoms with Crippen molar-refractivity contribution in [2.45, 2.75) is 33.7 Å². The molecule has 1 aromatic rings. The van der Waals surface area contributed by atoms with Gasteiger partial charge in [0, 0.05) is 29.7 Å². The third kappa shape index (κ3) is 5.83. The van der Waals surface area contributed by atoms with Gasteiger partial charge in [-0.25, -0.2) is 4.99 Å². The molecule has 0 aliphatic carbocycles. The van der Waals surface area contributed by atoms with E-state index in [1.165, 1.54) is 4.88 Å². The normalized spacial score (nSPS) is 15.2. The predicted octanol–water partition coefficient (Wildman–Crippen LogP) is 3.71. The number of aliphatic imine (C=N–C) groups is 1. The van der Waals surface area contributed by atoms with Gasteiger partial charge >= 0.3 is 0 Å². The molecule has 0 spiro atoms. The summed E-state index contributed by atoms with van der Waals surface area (Å²) >= 11 is 1.65. The topological polar surface area (TPSA) is 70.9 Å². The Kier molecular flexibility index (Phi) is 7.97. The Morgan fingerprint density at radius 3 is 2.70 bits per heavy atom. The van der Waals surface area contributed by atoms with Crippen LogP contribution in [0.5, 0.6) is 0 Å². The molecule has 0 radical (unpaired) electrons. The van der Waals surface area contributed by atoms with E-state index in [0.717, 1.165) is 24.5 Å². The Morgan fingerprint density at radius 1 is 1.30 bits per heavy atom. The van der Waals surface area contributed by atoms with Crippen molar-refractivity contribution in [2.24, 2.45) is 16.5 Å². The number of hydrogen-bond donors (Lipinski definition) is 2. The van der Waals surface area contributed by atoms with Gasteiger partial charge in [0.1, 0.15) is 5.82 Å². The number of hydrogen-bond acceptors (Lipinski definition) is 4. The second-order valence-electron chi connectivity index (χ2n) is 4.71. The lowest BCUT2D eigenvalue weighted by Gasteiger charge is -2.21. The van der Waals surface area contributed by atoms with Crippen molar-refractivity contribution < 1.29 is 0 Å². The first-order valence-corrected chi connectivity index (χ1v) is 8.69. The summed E-state index contributed by atoms with van der Waals surface area (Å²) in [5.74, 6) is 1.24. The Morgan fingerprint density at radius 2 is 2.04 bits per heavy atom. The molecule has 2 heterocycles. The molecule has 1 aliphatic heterocycles. The van der Waals surface area contributed by atoms with Gasteiger partial charge in [-0.05, 0) is 18.6 Å². The predicted molar refractivity (Wildman–Crippen MR) is 101 cm³/mol. The fraction of sp³-hybridized carbons (Fsp3) is 0.353. The molecule has 6 heteroatoms. The van der Waals surface area contributed by atoms with Gasteiger partial charge in [0.25, 0.3) is 0 Å². The maximum Gasteiger partial charge on any atom is 0.191 e. The van der Waals surface area contributed by atoms with Crippen molar-refractivity contribution in [1.29, 1.82) is 0 Å². The highest BCUT2D eigenvalue weighted by molar-refractivity contribution is 7.10. The molecule has 2 rings (SSSR count). The number of allylic oxidation sites excluding steroid dienone is 3. The van der Waals surface area contributed by atoms with Gasteiger partial charge in [-0.3, -0.25) is 0 Å². The summed E-state index contributed by atoms with van der Waals surface area (Å²) in [7, 11) is 2.04. The smallest absolute Gasteiger partial charge is 0.191 e. The lowest BCUT2D eigenvalue weighted by Crippen LogP contribution is -2.21. The SMILES string of the molecule is CC.CC/C=C/C=C1\N(C)C=CN1Cc1cc(N=C(N)N)cs1. The van der Waals surface area contributed by atoms with Crippen LogP contribution < -0.4 is 11.5 Å². The third-order valence-corrected chi connectivity index (χ3v) is 3.88. The average Bonchev–Trinajstić information content (AvgIpc) is 3.10. The van der Waals surface area contributed by atoms with Crippen molar-refractivity contribution in [1.82, 2.24) is 9.80 Å². The minimum absolute atomic E-state index is 0.0884. The van der Waals surface area contributed by atoms with Crippen molar-refractivity contribution in [3.05, 3.63) is 52.8 Å².